The molecule has 0 saturated heterocycles. The Balaban J connectivity index is 1.39. The van der Waals surface area contributed by atoms with E-state index in [-0.39, 0.29) is 24.3 Å². The Kier molecular flexibility index (Phi) is 5.47. The van der Waals surface area contributed by atoms with Crippen molar-refractivity contribution in [2.45, 2.75) is 37.7 Å². The summed E-state index contributed by atoms with van der Waals surface area (Å²) in [7, 11) is 0. The van der Waals surface area contributed by atoms with Crippen LogP contribution in [-0.4, -0.2) is 17.7 Å². The van der Waals surface area contributed by atoms with Crippen molar-refractivity contribution < 1.29 is 23.8 Å². The standard InChI is InChI=1S/C27H22FNO4/c28-19-3-1-2-16(10-19)11-24-17(14-29)4-6-23-22(24)8-9-25(23)33-20-5-7-21-18(12-27(30)31)15-32-26(21)13-20/h1-7,10,13,18,25H,8-9,11-12,15H2,(H,30,31). The summed E-state index contributed by atoms with van der Waals surface area (Å²) in [6.07, 6.45) is 1.93. The second-order valence-corrected chi connectivity index (χ2v) is 8.53. The molecule has 0 amide bonds. The second kappa shape index (κ2) is 8.59. The van der Waals surface area contributed by atoms with E-state index in [1.807, 2.05) is 36.4 Å². The quantitative estimate of drug-likeness (QED) is 0.559. The zero-order valence-corrected chi connectivity index (χ0v) is 17.9. The molecule has 1 heterocycles. The fourth-order valence-electron chi connectivity index (χ4n) is 4.89. The Morgan fingerprint density at radius 2 is 2.03 bits per heavy atom. The van der Waals surface area contributed by atoms with Gasteiger partial charge in [0.05, 0.1) is 24.7 Å². The van der Waals surface area contributed by atoms with Crippen molar-refractivity contribution in [2.24, 2.45) is 0 Å². The maximum absolute atomic E-state index is 13.7. The van der Waals surface area contributed by atoms with Crippen LogP contribution in [0.5, 0.6) is 11.5 Å². The van der Waals surface area contributed by atoms with Crippen molar-refractivity contribution in [3.63, 3.8) is 0 Å². The van der Waals surface area contributed by atoms with Crippen molar-refractivity contribution in [1.29, 1.82) is 5.26 Å². The fourth-order valence-corrected chi connectivity index (χ4v) is 4.89. The average Bonchev–Trinajstić information content (AvgIpc) is 3.38. The summed E-state index contributed by atoms with van der Waals surface area (Å²) in [5.41, 5.74) is 5.41. The number of fused-ring (bicyclic) bond motifs is 2. The highest BCUT2D eigenvalue weighted by molar-refractivity contribution is 5.68. The molecule has 2 aliphatic rings. The van der Waals surface area contributed by atoms with Crippen molar-refractivity contribution in [2.75, 3.05) is 6.61 Å². The molecule has 3 aromatic rings. The smallest absolute Gasteiger partial charge is 0.304 e. The molecule has 1 aliphatic heterocycles. The minimum Gasteiger partial charge on any atom is -0.492 e. The lowest BCUT2D eigenvalue weighted by molar-refractivity contribution is -0.137. The molecule has 3 aromatic carbocycles. The molecule has 166 valence electrons. The highest BCUT2D eigenvalue weighted by Crippen LogP contribution is 2.42. The Morgan fingerprint density at radius 1 is 1.18 bits per heavy atom. The largest absolute Gasteiger partial charge is 0.492 e. The molecule has 0 aromatic heterocycles. The number of nitriles is 1. The van der Waals surface area contributed by atoms with E-state index in [1.54, 1.807) is 6.07 Å². The first-order chi connectivity index (χ1) is 16.0. The van der Waals surface area contributed by atoms with Crippen LogP contribution in [-0.2, 0) is 17.6 Å². The van der Waals surface area contributed by atoms with Crippen molar-refractivity contribution >= 4 is 5.97 Å². The molecule has 6 heteroatoms. The summed E-state index contributed by atoms with van der Waals surface area (Å²) < 4.78 is 25.7. The van der Waals surface area contributed by atoms with Crippen molar-refractivity contribution in [1.82, 2.24) is 0 Å². The molecule has 0 fully saturated rings. The molecule has 0 saturated carbocycles. The Bertz CT molecular complexity index is 1280. The van der Waals surface area contributed by atoms with Crippen LogP contribution in [0.25, 0.3) is 0 Å². The van der Waals surface area contributed by atoms with Gasteiger partial charge in [-0.15, -0.1) is 0 Å². The van der Waals surface area contributed by atoms with Gasteiger partial charge < -0.3 is 14.6 Å². The van der Waals surface area contributed by atoms with E-state index >= 15 is 0 Å². The van der Waals surface area contributed by atoms with Crippen molar-refractivity contribution in [3.8, 4) is 17.6 Å². The number of carbonyl (C=O) groups is 1. The number of carboxylic acids is 1. The molecule has 0 bridgehead atoms. The fraction of sp³-hybridized carbons (Fsp3) is 0.259. The number of hydrogen-bond donors (Lipinski definition) is 1. The van der Waals surface area contributed by atoms with Crippen LogP contribution in [0.1, 0.15) is 58.2 Å². The number of rotatable bonds is 6. The summed E-state index contributed by atoms with van der Waals surface area (Å²) in [5, 5.41) is 18.7. The van der Waals surface area contributed by atoms with Gasteiger partial charge in [-0.2, -0.15) is 5.26 Å². The molecule has 1 N–H and O–H groups in total. The number of aliphatic carboxylic acids is 1. The van der Waals surface area contributed by atoms with Gasteiger partial charge in [-0.1, -0.05) is 24.3 Å². The van der Waals surface area contributed by atoms with Crippen LogP contribution in [0.15, 0.2) is 54.6 Å². The van der Waals surface area contributed by atoms with Gasteiger partial charge in [0.15, 0.2) is 0 Å². The zero-order chi connectivity index (χ0) is 22.9. The average molecular weight is 443 g/mol. The number of benzene rings is 3. The Hall–Kier alpha value is -3.85. The topological polar surface area (TPSA) is 79.5 Å². The molecule has 2 atom stereocenters. The van der Waals surface area contributed by atoms with Gasteiger partial charge in [0, 0.05) is 17.5 Å². The van der Waals surface area contributed by atoms with Crippen molar-refractivity contribution in [3.05, 3.63) is 93.8 Å². The van der Waals surface area contributed by atoms with Crippen LogP contribution < -0.4 is 9.47 Å². The van der Waals surface area contributed by atoms with Crippen LogP contribution in [0.2, 0.25) is 0 Å². The predicted octanol–water partition coefficient (Wildman–Crippen LogP) is 5.31. The van der Waals surface area contributed by atoms with E-state index in [9.17, 15) is 14.4 Å². The molecular formula is C27H22FNO4. The summed E-state index contributed by atoms with van der Waals surface area (Å²) >= 11 is 0. The molecule has 2 unspecified atom stereocenters. The lowest BCUT2D eigenvalue weighted by atomic mass is 9.92. The SMILES string of the molecule is N#Cc1ccc2c(c1Cc1cccc(F)c1)CCC2Oc1ccc2c(c1)OCC2CC(=O)O. The lowest BCUT2D eigenvalue weighted by Gasteiger charge is -2.17. The van der Waals surface area contributed by atoms with E-state index in [0.29, 0.717) is 30.1 Å². The maximum Gasteiger partial charge on any atom is 0.304 e. The first kappa shape index (κ1) is 21.0. The van der Waals surface area contributed by atoms with E-state index in [2.05, 4.69) is 6.07 Å². The molecule has 5 rings (SSSR count). The number of carboxylic acid groups (broad SMARTS) is 1. The summed E-state index contributed by atoms with van der Waals surface area (Å²) in [6, 6.07) is 18.1. The zero-order valence-electron chi connectivity index (χ0n) is 17.9. The molecule has 33 heavy (non-hydrogen) atoms. The number of nitrogens with zero attached hydrogens (tertiary/aromatic N) is 1. The predicted molar refractivity (Wildman–Crippen MR) is 119 cm³/mol. The first-order valence-corrected chi connectivity index (χ1v) is 11.0. The van der Waals surface area contributed by atoms with Crippen LogP contribution in [0, 0.1) is 17.1 Å². The summed E-state index contributed by atoms with van der Waals surface area (Å²) in [6.45, 7) is 0.359. The maximum atomic E-state index is 13.7. The van der Waals surface area contributed by atoms with Crippen LogP contribution in [0.3, 0.4) is 0 Å². The molecular weight excluding hydrogens is 421 g/mol. The van der Waals surface area contributed by atoms with E-state index in [1.165, 1.54) is 12.1 Å². The molecule has 1 aliphatic carbocycles. The number of ether oxygens (including phenoxy) is 2. The summed E-state index contributed by atoms with van der Waals surface area (Å²) in [5.74, 6) is 0.0603. The highest BCUT2D eigenvalue weighted by atomic mass is 19.1. The Labute approximate surface area is 191 Å². The molecule has 0 radical (unpaired) electrons. The lowest BCUT2D eigenvalue weighted by Crippen LogP contribution is -2.07. The van der Waals surface area contributed by atoms with Crippen LogP contribution >= 0.6 is 0 Å². The summed E-state index contributed by atoms with van der Waals surface area (Å²) in [4.78, 5) is 11.1. The minimum atomic E-state index is -0.842. The number of halogens is 1. The van der Waals surface area contributed by atoms with Gasteiger partial charge in [-0.05, 0) is 65.8 Å². The van der Waals surface area contributed by atoms with E-state index in [0.717, 1.165) is 40.7 Å². The van der Waals surface area contributed by atoms with Gasteiger partial charge in [-0.3, -0.25) is 4.79 Å². The third kappa shape index (κ3) is 4.14. The van der Waals surface area contributed by atoms with Gasteiger partial charge in [0.1, 0.15) is 23.4 Å². The van der Waals surface area contributed by atoms with Gasteiger partial charge in [-0.25, -0.2) is 4.39 Å². The normalized spacial score (nSPS) is 18.2. The molecule has 5 nitrogen and oxygen atoms in total. The third-order valence-electron chi connectivity index (χ3n) is 6.43. The van der Waals surface area contributed by atoms with Gasteiger partial charge >= 0.3 is 5.97 Å². The monoisotopic (exact) mass is 443 g/mol. The van der Waals surface area contributed by atoms with E-state index in [4.69, 9.17) is 14.6 Å². The van der Waals surface area contributed by atoms with Gasteiger partial charge in [0.2, 0.25) is 0 Å². The third-order valence-corrected chi connectivity index (χ3v) is 6.43. The van der Waals surface area contributed by atoms with Gasteiger partial charge in [0.25, 0.3) is 0 Å². The first-order valence-electron chi connectivity index (χ1n) is 11.0. The van der Waals surface area contributed by atoms with E-state index < -0.39 is 5.97 Å². The number of hydrogen-bond acceptors (Lipinski definition) is 4. The Morgan fingerprint density at radius 3 is 2.82 bits per heavy atom. The highest BCUT2D eigenvalue weighted by Gasteiger charge is 2.30. The minimum absolute atomic E-state index is 0.0402. The molecule has 0 spiro atoms. The van der Waals surface area contributed by atoms with Crippen LogP contribution in [0.4, 0.5) is 4.39 Å². The second-order valence-electron chi connectivity index (χ2n) is 8.53.